The Labute approximate surface area is 118 Å². The van der Waals surface area contributed by atoms with Crippen molar-refractivity contribution in [2.75, 3.05) is 21.2 Å². The smallest absolute Gasteiger partial charge is 0.209 e. The van der Waals surface area contributed by atoms with E-state index in [0.717, 1.165) is 6.21 Å². The molecule has 0 atom stereocenters. The lowest BCUT2D eigenvalue weighted by Crippen LogP contribution is -2.11. The largest absolute Gasteiger partial charge is 0.399 e. The molecular weight excluding hydrogens is 288 g/mol. The zero-order valence-electron chi connectivity index (χ0n) is 10.9. The molecule has 0 heterocycles. The van der Waals surface area contributed by atoms with Crippen molar-refractivity contribution in [3.63, 3.8) is 0 Å². The first kappa shape index (κ1) is 15.5. The molecule has 0 saturated carbocycles. The van der Waals surface area contributed by atoms with E-state index >= 15 is 0 Å². The molecule has 5 nitrogen and oxygen atoms in total. The molecular formula is C12H15ClN2O3S. The van der Waals surface area contributed by atoms with Crippen molar-refractivity contribution in [2.24, 2.45) is 5.16 Å². The lowest BCUT2D eigenvalue weighted by Gasteiger charge is -2.09. The van der Waals surface area contributed by atoms with Gasteiger partial charge in [-0.1, -0.05) is 16.8 Å². The van der Waals surface area contributed by atoms with Gasteiger partial charge in [0, 0.05) is 25.3 Å². The van der Waals surface area contributed by atoms with E-state index in [0.29, 0.717) is 5.02 Å². The Kier molecular flexibility index (Phi) is 5.38. The monoisotopic (exact) mass is 302 g/mol. The van der Waals surface area contributed by atoms with Crippen LogP contribution in [0.2, 0.25) is 5.02 Å². The van der Waals surface area contributed by atoms with Gasteiger partial charge in [0.2, 0.25) is 9.84 Å². The molecule has 0 saturated heterocycles. The Bertz CT molecular complexity index is 577. The molecule has 1 rings (SSSR count). The Morgan fingerprint density at radius 1 is 1.32 bits per heavy atom. The van der Waals surface area contributed by atoms with Gasteiger partial charge in [-0.2, -0.15) is 0 Å². The van der Waals surface area contributed by atoms with E-state index in [1.807, 2.05) is 0 Å². The fourth-order valence-corrected chi connectivity index (χ4v) is 2.71. The third kappa shape index (κ3) is 4.25. The summed E-state index contributed by atoms with van der Waals surface area (Å²) in [5.41, 5.74) is 0. The lowest BCUT2D eigenvalue weighted by molar-refractivity contribution is 0.215. The number of halogens is 1. The maximum atomic E-state index is 12.4. The van der Waals surface area contributed by atoms with Gasteiger partial charge in [-0.3, -0.25) is 0 Å². The van der Waals surface area contributed by atoms with E-state index in [2.05, 4.69) is 9.99 Å². The highest BCUT2D eigenvalue weighted by Crippen LogP contribution is 2.20. The molecule has 0 bridgehead atoms. The van der Waals surface area contributed by atoms with Crippen LogP contribution in [0.3, 0.4) is 0 Å². The highest BCUT2D eigenvalue weighted by atomic mass is 35.5. The highest BCUT2D eigenvalue weighted by Gasteiger charge is 2.19. The maximum absolute atomic E-state index is 12.4. The van der Waals surface area contributed by atoms with Crippen molar-refractivity contribution < 1.29 is 13.3 Å². The van der Waals surface area contributed by atoms with Gasteiger partial charge in [-0.05, 0) is 24.3 Å². The van der Waals surface area contributed by atoms with Crippen molar-refractivity contribution in [1.82, 2.24) is 4.90 Å². The van der Waals surface area contributed by atoms with Crippen LogP contribution in [0.5, 0.6) is 0 Å². The molecule has 0 aliphatic carbocycles. The molecule has 1 aromatic rings. The van der Waals surface area contributed by atoms with E-state index in [1.54, 1.807) is 19.0 Å². The van der Waals surface area contributed by atoms with Crippen molar-refractivity contribution in [3.05, 3.63) is 40.4 Å². The highest BCUT2D eigenvalue weighted by molar-refractivity contribution is 7.96. The Morgan fingerprint density at radius 3 is 2.37 bits per heavy atom. The molecule has 0 radical (unpaired) electrons. The van der Waals surface area contributed by atoms with Crippen LogP contribution < -0.4 is 0 Å². The van der Waals surface area contributed by atoms with Crippen LogP contribution in [0.25, 0.3) is 0 Å². The van der Waals surface area contributed by atoms with Crippen LogP contribution in [-0.2, 0) is 14.7 Å². The van der Waals surface area contributed by atoms with Gasteiger partial charge in [0.25, 0.3) is 0 Å². The molecule has 0 fully saturated rings. The van der Waals surface area contributed by atoms with Gasteiger partial charge < -0.3 is 9.74 Å². The predicted octanol–water partition coefficient (Wildman–Crippen LogP) is 2.15. The first-order chi connectivity index (χ1) is 8.87. The number of nitrogens with zero attached hydrogens (tertiary/aromatic N) is 2. The van der Waals surface area contributed by atoms with Crippen LogP contribution in [0, 0.1) is 0 Å². The van der Waals surface area contributed by atoms with E-state index in [9.17, 15) is 8.42 Å². The zero-order valence-corrected chi connectivity index (χ0v) is 12.4. The molecule has 0 aliphatic heterocycles. The Hall–Kier alpha value is -1.53. The van der Waals surface area contributed by atoms with Crippen LogP contribution in [0.15, 0.2) is 45.4 Å². The summed E-state index contributed by atoms with van der Waals surface area (Å²) < 4.78 is 24.8. The second kappa shape index (κ2) is 6.58. The topological polar surface area (TPSA) is 59.0 Å². The third-order valence-corrected chi connectivity index (χ3v) is 4.08. The quantitative estimate of drug-likeness (QED) is 0.618. The number of hydrogen-bond acceptors (Lipinski definition) is 5. The fourth-order valence-electron chi connectivity index (χ4n) is 1.28. The number of rotatable bonds is 5. The van der Waals surface area contributed by atoms with Gasteiger partial charge in [0.05, 0.1) is 11.1 Å². The van der Waals surface area contributed by atoms with E-state index in [4.69, 9.17) is 11.6 Å². The average molecular weight is 303 g/mol. The molecule has 0 aromatic heterocycles. The van der Waals surface area contributed by atoms with E-state index in [-0.39, 0.29) is 9.80 Å². The molecule has 0 amide bonds. The van der Waals surface area contributed by atoms with Crippen LogP contribution in [-0.4, -0.2) is 40.7 Å². The minimum absolute atomic E-state index is 0.0293. The minimum Gasteiger partial charge on any atom is -0.399 e. The van der Waals surface area contributed by atoms with Crippen molar-refractivity contribution in [3.8, 4) is 0 Å². The number of oxime groups is 1. The first-order valence-electron chi connectivity index (χ1n) is 5.33. The molecule has 104 valence electrons. The summed E-state index contributed by atoms with van der Waals surface area (Å²) >= 11 is 5.75. The van der Waals surface area contributed by atoms with Crippen LogP contribution in [0.1, 0.15) is 0 Å². The zero-order chi connectivity index (χ0) is 14.5. The Balaban J connectivity index is 3.27. The van der Waals surface area contributed by atoms with Crippen molar-refractivity contribution >= 4 is 27.7 Å². The normalized spacial score (nSPS) is 12.7. The fraction of sp³-hybridized carbons (Fsp3) is 0.250. The van der Waals surface area contributed by atoms with Crippen molar-refractivity contribution in [1.29, 1.82) is 0 Å². The van der Waals surface area contributed by atoms with Crippen LogP contribution in [0.4, 0.5) is 0 Å². The Morgan fingerprint density at radius 2 is 1.89 bits per heavy atom. The van der Waals surface area contributed by atoms with Crippen molar-refractivity contribution in [2.45, 2.75) is 4.90 Å². The molecule has 19 heavy (non-hydrogen) atoms. The van der Waals surface area contributed by atoms with Gasteiger partial charge in [-0.15, -0.1) is 0 Å². The van der Waals surface area contributed by atoms with E-state index < -0.39 is 9.84 Å². The van der Waals surface area contributed by atoms with Gasteiger partial charge in [-0.25, -0.2) is 8.42 Å². The molecule has 7 heteroatoms. The standard InChI is InChI=1S/C12H15ClN2O3S/c1-15(2)9-12(8-14-18-3)19(16,17)11-6-4-10(13)5-7-11/h4-9H,1-3H3. The first-order valence-corrected chi connectivity index (χ1v) is 7.19. The second-order valence-corrected chi connectivity index (χ2v) is 6.26. The predicted molar refractivity (Wildman–Crippen MR) is 75.9 cm³/mol. The maximum Gasteiger partial charge on any atom is 0.209 e. The summed E-state index contributed by atoms with van der Waals surface area (Å²) in [4.78, 5) is 6.32. The number of allylic oxidation sites excluding steroid dienone is 1. The van der Waals surface area contributed by atoms with Crippen LogP contribution >= 0.6 is 11.6 Å². The number of benzene rings is 1. The molecule has 0 N–H and O–H groups in total. The molecule has 1 aromatic carbocycles. The summed E-state index contributed by atoms with van der Waals surface area (Å²) in [6, 6.07) is 5.94. The number of hydrogen-bond donors (Lipinski definition) is 0. The van der Waals surface area contributed by atoms with Gasteiger partial charge in [0.1, 0.15) is 12.0 Å². The van der Waals surface area contributed by atoms with Gasteiger partial charge >= 0.3 is 0 Å². The molecule has 0 spiro atoms. The summed E-state index contributed by atoms with van der Waals surface area (Å²) in [7, 11) is 1.13. The summed E-state index contributed by atoms with van der Waals surface area (Å²) in [5.74, 6) is 0. The second-order valence-electron chi connectivity index (χ2n) is 3.87. The third-order valence-electron chi connectivity index (χ3n) is 2.11. The van der Waals surface area contributed by atoms with E-state index in [1.165, 1.54) is 37.6 Å². The lowest BCUT2D eigenvalue weighted by atomic mass is 10.4. The SMILES string of the molecule is CON=CC(=CN(C)C)S(=O)(=O)c1ccc(Cl)cc1. The summed E-state index contributed by atoms with van der Waals surface area (Å²) in [6.07, 6.45) is 2.61. The summed E-state index contributed by atoms with van der Waals surface area (Å²) in [5, 5.41) is 3.98. The average Bonchev–Trinajstić information content (AvgIpc) is 2.34. The molecule has 0 unspecified atom stereocenters. The van der Waals surface area contributed by atoms with Gasteiger partial charge in [0.15, 0.2) is 0 Å². The molecule has 0 aliphatic rings. The minimum atomic E-state index is -3.65. The number of sulfone groups is 1. The summed E-state index contributed by atoms with van der Waals surface area (Å²) in [6.45, 7) is 0.